The molecule has 1 aliphatic carbocycles. The van der Waals surface area contributed by atoms with Crippen LogP contribution in [0.2, 0.25) is 0 Å². The molecule has 0 amide bonds. The quantitative estimate of drug-likeness (QED) is 0.656. The number of alkyl halides is 2. The second-order valence-corrected chi connectivity index (χ2v) is 4.41. The predicted molar refractivity (Wildman–Crippen MR) is 71.0 cm³/mol. The average molecular weight is 286 g/mol. The van der Waals surface area contributed by atoms with Gasteiger partial charge in [-0.05, 0) is 30.8 Å². The lowest BCUT2D eigenvalue weighted by atomic mass is 9.92. The molecule has 108 valence electrons. The second kappa shape index (κ2) is 5.28. The van der Waals surface area contributed by atoms with Crippen molar-refractivity contribution >= 4 is 11.3 Å². The SMILES string of the molecule is CNc1ccc(C2=C(F)C(F)C(F)(NC)C(F)=C2)cc1. The molecule has 0 aromatic heterocycles. The fraction of sp³-hybridized carbons (Fsp3) is 0.286. The molecule has 2 nitrogen and oxygen atoms in total. The number of allylic oxidation sites excluding steroid dienone is 2. The summed E-state index contributed by atoms with van der Waals surface area (Å²) >= 11 is 0. The lowest BCUT2D eigenvalue weighted by Gasteiger charge is -2.30. The Morgan fingerprint density at radius 1 is 1.10 bits per heavy atom. The Bertz CT molecular complexity index is 565. The van der Waals surface area contributed by atoms with Crippen molar-refractivity contribution in [1.29, 1.82) is 0 Å². The van der Waals surface area contributed by atoms with Gasteiger partial charge in [0, 0.05) is 18.3 Å². The minimum Gasteiger partial charge on any atom is -0.388 e. The summed E-state index contributed by atoms with van der Waals surface area (Å²) in [6.45, 7) is 0. The first kappa shape index (κ1) is 14.6. The van der Waals surface area contributed by atoms with Crippen LogP contribution in [-0.2, 0) is 0 Å². The zero-order chi connectivity index (χ0) is 14.9. The van der Waals surface area contributed by atoms with E-state index in [4.69, 9.17) is 0 Å². The van der Waals surface area contributed by atoms with E-state index in [-0.39, 0.29) is 11.1 Å². The molecule has 0 heterocycles. The molecule has 1 aromatic rings. The van der Waals surface area contributed by atoms with Crippen molar-refractivity contribution in [3.05, 3.63) is 47.6 Å². The van der Waals surface area contributed by atoms with Gasteiger partial charge in [-0.25, -0.2) is 17.6 Å². The molecular weight excluding hydrogens is 272 g/mol. The van der Waals surface area contributed by atoms with Crippen molar-refractivity contribution in [3.63, 3.8) is 0 Å². The lowest BCUT2D eigenvalue weighted by molar-refractivity contribution is 0.0436. The van der Waals surface area contributed by atoms with Crippen LogP contribution in [-0.4, -0.2) is 26.1 Å². The highest BCUT2D eigenvalue weighted by molar-refractivity contribution is 5.79. The molecule has 2 unspecified atom stereocenters. The minimum absolute atomic E-state index is 0.275. The van der Waals surface area contributed by atoms with Crippen molar-refractivity contribution in [2.75, 3.05) is 19.4 Å². The van der Waals surface area contributed by atoms with E-state index in [1.807, 2.05) is 5.32 Å². The molecule has 0 fully saturated rings. The lowest BCUT2D eigenvalue weighted by Crippen LogP contribution is -2.49. The second-order valence-electron chi connectivity index (χ2n) is 4.41. The fourth-order valence-corrected chi connectivity index (χ4v) is 2.02. The van der Waals surface area contributed by atoms with E-state index >= 15 is 0 Å². The fourth-order valence-electron chi connectivity index (χ4n) is 2.02. The average Bonchev–Trinajstić information content (AvgIpc) is 2.49. The van der Waals surface area contributed by atoms with Crippen molar-refractivity contribution in [2.24, 2.45) is 0 Å². The van der Waals surface area contributed by atoms with Crippen LogP contribution < -0.4 is 10.6 Å². The molecule has 0 bridgehead atoms. The van der Waals surface area contributed by atoms with Crippen molar-refractivity contribution in [2.45, 2.75) is 12.0 Å². The van der Waals surface area contributed by atoms with Gasteiger partial charge >= 0.3 is 0 Å². The first-order chi connectivity index (χ1) is 9.43. The monoisotopic (exact) mass is 286 g/mol. The molecule has 1 aromatic carbocycles. The number of rotatable bonds is 3. The van der Waals surface area contributed by atoms with Gasteiger partial charge in [-0.15, -0.1) is 0 Å². The number of anilines is 1. The maximum Gasteiger partial charge on any atom is 0.251 e. The summed E-state index contributed by atoms with van der Waals surface area (Å²) in [4.78, 5) is 0. The van der Waals surface area contributed by atoms with Crippen molar-refractivity contribution in [3.8, 4) is 0 Å². The van der Waals surface area contributed by atoms with Crippen LogP contribution in [0.25, 0.3) is 5.57 Å². The molecule has 0 aliphatic heterocycles. The highest BCUT2D eigenvalue weighted by Gasteiger charge is 2.49. The van der Waals surface area contributed by atoms with Gasteiger partial charge in [0.05, 0.1) is 0 Å². The van der Waals surface area contributed by atoms with Crippen LogP contribution in [0.3, 0.4) is 0 Å². The van der Waals surface area contributed by atoms with Crippen molar-refractivity contribution < 1.29 is 17.6 Å². The van der Waals surface area contributed by atoms with E-state index in [2.05, 4.69) is 5.32 Å². The maximum atomic E-state index is 14.0. The van der Waals surface area contributed by atoms with E-state index in [0.29, 0.717) is 6.08 Å². The topological polar surface area (TPSA) is 24.1 Å². The van der Waals surface area contributed by atoms with Crippen LogP contribution in [0.5, 0.6) is 0 Å². The molecule has 1 aliphatic rings. The summed E-state index contributed by atoms with van der Waals surface area (Å²) in [6, 6.07) is 6.26. The Labute approximate surface area is 114 Å². The molecule has 6 heteroatoms. The largest absolute Gasteiger partial charge is 0.388 e. The first-order valence-electron chi connectivity index (χ1n) is 6.01. The van der Waals surface area contributed by atoms with Crippen LogP contribution >= 0.6 is 0 Å². The number of hydrogen-bond acceptors (Lipinski definition) is 2. The number of likely N-dealkylation sites (N-methyl/N-ethyl adjacent to an activating group) is 1. The Hall–Kier alpha value is -1.82. The standard InChI is InChI=1S/C14H14F4N2/c1-19-9-5-3-8(4-6-9)10-7-11(15)14(18,20-2)13(17)12(10)16/h3-7,13,19-20H,1-2H3. The molecule has 0 spiro atoms. The van der Waals surface area contributed by atoms with Crippen LogP contribution in [0.4, 0.5) is 23.2 Å². The van der Waals surface area contributed by atoms with Crippen LogP contribution in [0.15, 0.2) is 42.0 Å². The first-order valence-corrected chi connectivity index (χ1v) is 6.01. The Morgan fingerprint density at radius 2 is 1.70 bits per heavy atom. The van der Waals surface area contributed by atoms with Gasteiger partial charge in [0.15, 0.2) is 5.83 Å². The molecule has 20 heavy (non-hydrogen) atoms. The minimum atomic E-state index is -3.15. The third kappa shape index (κ3) is 2.20. The van der Waals surface area contributed by atoms with Gasteiger partial charge in [0.1, 0.15) is 5.83 Å². The van der Waals surface area contributed by atoms with E-state index in [0.717, 1.165) is 12.7 Å². The summed E-state index contributed by atoms with van der Waals surface area (Å²) in [7, 11) is 2.73. The number of nitrogens with one attached hydrogen (secondary N) is 2. The summed E-state index contributed by atoms with van der Waals surface area (Å²) in [5.74, 6) is -5.87. The highest BCUT2D eigenvalue weighted by atomic mass is 19.2. The van der Waals surface area contributed by atoms with Gasteiger partial charge in [-0.1, -0.05) is 12.1 Å². The van der Waals surface area contributed by atoms with Gasteiger partial charge in [0.2, 0.25) is 6.17 Å². The van der Waals surface area contributed by atoms with E-state index in [1.165, 1.54) is 12.1 Å². The number of hydrogen-bond donors (Lipinski definition) is 2. The normalized spacial score (nSPS) is 26.5. The summed E-state index contributed by atoms with van der Waals surface area (Å²) in [6.07, 6.45) is -2.05. The molecule has 0 radical (unpaired) electrons. The zero-order valence-electron chi connectivity index (χ0n) is 11.0. The van der Waals surface area contributed by atoms with E-state index < -0.39 is 23.6 Å². The van der Waals surface area contributed by atoms with Gasteiger partial charge < -0.3 is 5.32 Å². The molecule has 2 rings (SSSR count). The number of benzene rings is 1. The third-order valence-corrected chi connectivity index (χ3v) is 3.30. The van der Waals surface area contributed by atoms with E-state index in [1.54, 1.807) is 19.2 Å². The maximum absolute atomic E-state index is 14.0. The predicted octanol–water partition coefficient (Wildman–Crippen LogP) is 3.50. The molecule has 2 N–H and O–H groups in total. The van der Waals surface area contributed by atoms with Gasteiger partial charge in [-0.2, -0.15) is 0 Å². The smallest absolute Gasteiger partial charge is 0.251 e. The van der Waals surface area contributed by atoms with Gasteiger partial charge in [-0.3, -0.25) is 5.32 Å². The Balaban J connectivity index is 2.46. The van der Waals surface area contributed by atoms with Gasteiger partial charge in [0.25, 0.3) is 5.79 Å². The number of halogens is 4. The van der Waals surface area contributed by atoms with Crippen LogP contribution in [0, 0.1) is 0 Å². The molecular formula is C14H14F4N2. The summed E-state index contributed by atoms with van der Waals surface area (Å²) < 4.78 is 55.4. The molecule has 0 saturated carbocycles. The van der Waals surface area contributed by atoms with E-state index in [9.17, 15) is 17.6 Å². The van der Waals surface area contributed by atoms with Crippen molar-refractivity contribution in [1.82, 2.24) is 5.32 Å². The zero-order valence-corrected chi connectivity index (χ0v) is 11.0. The van der Waals surface area contributed by atoms with Crippen LogP contribution in [0.1, 0.15) is 5.56 Å². The highest BCUT2D eigenvalue weighted by Crippen LogP contribution is 2.41. The molecule has 2 atom stereocenters. The Morgan fingerprint density at radius 3 is 2.20 bits per heavy atom. The summed E-state index contributed by atoms with van der Waals surface area (Å²) in [5.41, 5.74) is 0.750. The Kier molecular flexibility index (Phi) is 3.85. The third-order valence-electron chi connectivity index (χ3n) is 3.30. The summed E-state index contributed by atoms with van der Waals surface area (Å²) in [5, 5.41) is 4.70. The molecule has 0 saturated heterocycles.